The molecule has 0 unspecified atom stereocenters. The molecule has 3 aromatic rings. The number of thiophene rings is 1. The molecule has 0 fully saturated rings. The van der Waals surface area contributed by atoms with Crippen LogP contribution in [0, 0.1) is 0 Å². The second-order valence-corrected chi connectivity index (χ2v) is 5.12. The standard InChI is InChI=1S/C15H15N3S/c1-2-16-9-13-8-11-4-3-6-17-15(11)18-14(13)12-5-7-19-10-12/h3-8,10,16H,2,9H2,1H3. The maximum Gasteiger partial charge on any atom is 0.159 e. The molecule has 0 saturated heterocycles. The van der Waals surface area contributed by atoms with Crippen LogP contribution in [0.2, 0.25) is 0 Å². The van der Waals surface area contributed by atoms with Gasteiger partial charge in [-0.1, -0.05) is 6.92 Å². The van der Waals surface area contributed by atoms with E-state index >= 15 is 0 Å². The molecule has 0 saturated carbocycles. The molecule has 0 aliphatic carbocycles. The van der Waals surface area contributed by atoms with E-state index in [1.165, 1.54) is 11.1 Å². The predicted molar refractivity (Wildman–Crippen MR) is 80.2 cm³/mol. The number of nitrogens with zero attached hydrogens (tertiary/aromatic N) is 2. The topological polar surface area (TPSA) is 37.8 Å². The van der Waals surface area contributed by atoms with Gasteiger partial charge in [0.2, 0.25) is 0 Å². The van der Waals surface area contributed by atoms with Crippen LogP contribution in [-0.4, -0.2) is 16.5 Å². The summed E-state index contributed by atoms with van der Waals surface area (Å²) < 4.78 is 0. The molecule has 0 atom stereocenters. The van der Waals surface area contributed by atoms with Crippen molar-refractivity contribution in [2.75, 3.05) is 6.54 Å². The lowest BCUT2D eigenvalue weighted by Crippen LogP contribution is -2.13. The van der Waals surface area contributed by atoms with E-state index in [1.807, 2.05) is 6.07 Å². The normalized spacial score (nSPS) is 11.0. The van der Waals surface area contributed by atoms with Gasteiger partial charge in [0.1, 0.15) is 0 Å². The zero-order valence-electron chi connectivity index (χ0n) is 10.8. The van der Waals surface area contributed by atoms with Gasteiger partial charge in [0.05, 0.1) is 5.69 Å². The van der Waals surface area contributed by atoms with Crippen molar-refractivity contribution in [3.05, 3.63) is 46.8 Å². The summed E-state index contributed by atoms with van der Waals surface area (Å²) in [4.78, 5) is 9.07. The first-order valence-corrected chi connectivity index (χ1v) is 7.30. The van der Waals surface area contributed by atoms with E-state index in [-0.39, 0.29) is 0 Å². The molecule has 0 bridgehead atoms. The van der Waals surface area contributed by atoms with Crippen molar-refractivity contribution in [3.63, 3.8) is 0 Å². The third-order valence-corrected chi connectivity index (χ3v) is 3.71. The molecule has 0 amide bonds. The quantitative estimate of drug-likeness (QED) is 0.788. The number of rotatable bonds is 4. The molecule has 0 aromatic carbocycles. The summed E-state index contributed by atoms with van der Waals surface area (Å²) >= 11 is 1.69. The Labute approximate surface area is 116 Å². The highest BCUT2D eigenvalue weighted by Crippen LogP contribution is 2.26. The van der Waals surface area contributed by atoms with Crippen molar-refractivity contribution in [2.24, 2.45) is 0 Å². The van der Waals surface area contributed by atoms with Gasteiger partial charge in [0.15, 0.2) is 5.65 Å². The van der Waals surface area contributed by atoms with Gasteiger partial charge in [0, 0.05) is 29.1 Å². The van der Waals surface area contributed by atoms with Gasteiger partial charge in [-0.05, 0) is 41.8 Å². The molecule has 0 radical (unpaired) electrons. The number of fused-ring (bicyclic) bond motifs is 1. The summed E-state index contributed by atoms with van der Waals surface area (Å²) in [5, 5.41) is 8.68. The van der Waals surface area contributed by atoms with E-state index in [0.717, 1.165) is 29.8 Å². The third kappa shape index (κ3) is 2.50. The molecular weight excluding hydrogens is 254 g/mol. The van der Waals surface area contributed by atoms with Crippen molar-refractivity contribution in [2.45, 2.75) is 13.5 Å². The van der Waals surface area contributed by atoms with Crippen molar-refractivity contribution in [1.29, 1.82) is 0 Å². The summed E-state index contributed by atoms with van der Waals surface area (Å²) in [6, 6.07) is 8.30. The van der Waals surface area contributed by atoms with Gasteiger partial charge in [-0.3, -0.25) is 0 Å². The minimum atomic E-state index is 0.809. The fourth-order valence-corrected chi connectivity index (χ4v) is 2.73. The van der Waals surface area contributed by atoms with Crippen molar-refractivity contribution < 1.29 is 0 Å². The SMILES string of the molecule is CCNCc1cc2cccnc2nc1-c1ccsc1. The van der Waals surface area contributed by atoms with E-state index in [1.54, 1.807) is 17.5 Å². The van der Waals surface area contributed by atoms with Crippen LogP contribution >= 0.6 is 11.3 Å². The number of hydrogen-bond acceptors (Lipinski definition) is 4. The van der Waals surface area contributed by atoms with Gasteiger partial charge in [-0.25, -0.2) is 9.97 Å². The predicted octanol–water partition coefficient (Wildman–Crippen LogP) is 3.47. The van der Waals surface area contributed by atoms with Crippen LogP contribution in [0.15, 0.2) is 41.2 Å². The van der Waals surface area contributed by atoms with E-state index in [9.17, 15) is 0 Å². The van der Waals surface area contributed by atoms with E-state index in [2.05, 4.69) is 46.2 Å². The lowest BCUT2D eigenvalue weighted by Gasteiger charge is -2.09. The zero-order chi connectivity index (χ0) is 13.1. The number of pyridine rings is 2. The molecular formula is C15H15N3S. The third-order valence-electron chi connectivity index (χ3n) is 3.03. The van der Waals surface area contributed by atoms with Crippen LogP contribution < -0.4 is 5.32 Å². The fraction of sp³-hybridized carbons (Fsp3) is 0.200. The minimum Gasteiger partial charge on any atom is -0.313 e. The highest BCUT2D eigenvalue weighted by atomic mass is 32.1. The second kappa shape index (κ2) is 5.47. The van der Waals surface area contributed by atoms with Crippen LogP contribution in [0.3, 0.4) is 0 Å². The first kappa shape index (κ1) is 12.3. The Morgan fingerprint density at radius 2 is 2.26 bits per heavy atom. The highest BCUT2D eigenvalue weighted by Gasteiger charge is 2.09. The van der Waals surface area contributed by atoms with E-state index < -0.39 is 0 Å². The molecule has 3 heterocycles. The number of aromatic nitrogens is 2. The maximum absolute atomic E-state index is 4.73. The van der Waals surface area contributed by atoms with E-state index in [4.69, 9.17) is 4.98 Å². The summed E-state index contributed by atoms with van der Waals surface area (Å²) in [6.07, 6.45) is 1.79. The Morgan fingerprint density at radius 3 is 3.05 bits per heavy atom. The first-order valence-electron chi connectivity index (χ1n) is 6.36. The largest absolute Gasteiger partial charge is 0.313 e. The average Bonchev–Trinajstić information content (AvgIpc) is 2.98. The summed E-state index contributed by atoms with van der Waals surface area (Å²) in [5.74, 6) is 0. The highest BCUT2D eigenvalue weighted by molar-refractivity contribution is 7.08. The van der Waals surface area contributed by atoms with Crippen LogP contribution in [0.5, 0.6) is 0 Å². The molecule has 4 heteroatoms. The van der Waals surface area contributed by atoms with Crippen LogP contribution in [0.25, 0.3) is 22.3 Å². The lowest BCUT2D eigenvalue weighted by atomic mass is 10.1. The van der Waals surface area contributed by atoms with Crippen LogP contribution in [0.1, 0.15) is 12.5 Å². The lowest BCUT2D eigenvalue weighted by molar-refractivity contribution is 0.727. The van der Waals surface area contributed by atoms with Gasteiger partial charge in [-0.2, -0.15) is 11.3 Å². The minimum absolute atomic E-state index is 0.809. The first-order chi connectivity index (χ1) is 9.38. The maximum atomic E-state index is 4.73. The van der Waals surface area contributed by atoms with Gasteiger partial charge >= 0.3 is 0 Å². The average molecular weight is 269 g/mol. The van der Waals surface area contributed by atoms with Crippen LogP contribution in [0.4, 0.5) is 0 Å². The number of hydrogen-bond donors (Lipinski definition) is 1. The Bertz CT molecular complexity index is 677. The van der Waals surface area contributed by atoms with Crippen LogP contribution in [-0.2, 0) is 6.54 Å². The summed E-state index contributed by atoms with van der Waals surface area (Å²) in [6.45, 7) is 3.90. The molecule has 1 N–H and O–H groups in total. The second-order valence-electron chi connectivity index (χ2n) is 4.34. The molecule has 3 rings (SSSR count). The monoisotopic (exact) mass is 269 g/mol. The Balaban J connectivity index is 2.15. The molecule has 3 nitrogen and oxygen atoms in total. The molecule has 19 heavy (non-hydrogen) atoms. The number of nitrogens with one attached hydrogen (secondary N) is 1. The Morgan fingerprint density at radius 1 is 1.32 bits per heavy atom. The smallest absolute Gasteiger partial charge is 0.159 e. The Hall–Kier alpha value is -1.78. The van der Waals surface area contributed by atoms with Gasteiger partial charge in [0.25, 0.3) is 0 Å². The van der Waals surface area contributed by atoms with Crippen molar-refractivity contribution >= 4 is 22.4 Å². The van der Waals surface area contributed by atoms with Crippen molar-refractivity contribution in [3.8, 4) is 11.3 Å². The Kier molecular flexibility index (Phi) is 3.53. The fourth-order valence-electron chi connectivity index (χ4n) is 2.09. The van der Waals surface area contributed by atoms with Gasteiger partial charge in [-0.15, -0.1) is 0 Å². The van der Waals surface area contributed by atoms with E-state index in [0.29, 0.717) is 0 Å². The molecule has 3 aromatic heterocycles. The summed E-state index contributed by atoms with van der Waals surface area (Å²) in [5.41, 5.74) is 4.24. The molecule has 0 aliphatic rings. The summed E-state index contributed by atoms with van der Waals surface area (Å²) in [7, 11) is 0. The molecule has 0 aliphatic heterocycles. The van der Waals surface area contributed by atoms with Crippen molar-refractivity contribution in [1.82, 2.24) is 15.3 Å². The molecule has 0 spiro atoms. The van der Waals surface area contributed by atoms with Gasteiger partial charge < -0.3 is 5.32 Å². The molecule has 96 valence electrons. The zero-order valence-corrected chi connectivity index (χ0v) is 11.6.